The summed E-state index contributed by atoms with van der Waals surface area (Å²) in [6.45, 7) is 2.55. The number of sulfonamides is 1. The summed E-state index contributed by atoms with van der Waals surface area (Å²) in [7, 11) is -3.54. The van der Waals surface area contributed by atoms with Gasteiger partial charge in [0.1, 0.15) is 0 Å². The van der Waals surface area contributed by atoms with Crippen LogP contribution >= 0.6 is 0 Å². The molecular formula is C23H24N4O3S. The van der Waals surface area contributed by atoms with Crippen molar-refractivity contribution < 1.29 is 13.2 Å². The Balaban J connectivity index is 1.34. The lowest BCUT2D eigenvalue weighted by Gasteiger charge is -2.30. The number of amides is 1. The van der Waals surface area contributed by atoms with E-state index in [9.17, 15) is 13.2 Å². The maximum atomic E-state index is 12.8. The summed E-state index contributed by atoms with van der Waals surface area (Å²) in [6.07, 6.45) is 4.12. The van der Waals surface area contributed by atoms with E-state index in [1.54, 1.807) is 36.7 Å². The molecule has 0 saturated carbocycles. The van der Waals surface area contributed by atoms with Gasteiger partial charge in [-0.25, -0.2) is 18.4 Å². The molecule has 2 heterocycles. The van der Waals surface area contributed by atoms with Gasteiger partial charge in [-0.1, -0.05) is 48.0 Å². The topological polar surface area (TPSA) is 92.3 Å². The van der Waals surface area contributed by atoms with E-state index < -0.39 is 10.0 Å². The Morgan fingerprint density at radius 1 is 0.968 bits per heavy atom. The van der Waals surface area contributed by atoms with Gasteiger partial charge < -0.3 is 5.32 Å². The van der Waals surface area contributed by atoms with Crippen LogP contribution in [0.3, 0.4) is 0 Å². The molecule has 4 rings (SSSR count). The van der Waals surface area contributed by atoms with Crippen molar-refractivity contribution in [2.45, 2.75) is 24.7 Å². The highest BCUT2D eigenvalue weighted by Gasteiger charge is 2.32. The van der Waals surface area contributed by atoms with E-state index in [-0.39, 0.29) is 16.7 Å². The first kappa shape index (κ1) is 21.1. The normalized spacial score (nSPS) is 15.5. The van der Waals surface area contributed by atoms with Crippen molar-refractivity contribution in [3.63, 3.8) is 0 Å². The predicted molar refractivity (Wildman–Crippen MR) is 119 cm³/mol. The van der Waals surface area contributed by atoms with Crippen LogP contribution in [0.5, 0.6) is 0 Å². The Kier molecular flexibility index (Phi) is 6.11. The lowest BCUT2D eigenvalue weighted by Crippen LogP contribution is -2.41. The molecule has 0 radical (unpaired) electrons. The number of carbonyl (C=O) groups excluding carboxylic acids is 1. The highest BCUT2D eigenvalue weighted by atomic mass is 32.2. The van der Waals surface area contributed by atoms with Crippen molar-refractivity contribution in [1.82, 2.24) is 14.3 Å². The summed E-state index contributed by atoms with van der Waals surface area (Å²) in [5.41, 5.74) is 2.44. The first-order valence-electron chi connectivity index (χ1n) is 10.2. The molecule has 0 aliphatic carbocycles. The van der Waals surface area contributed by atoms with Gasteiger partial charge in [0.15, 0.2) is 5.82 Å². The van der Waals surface area contributed by atoms with Gasteiger partial charge in [-0.15, -0.1) is 0 Å². The minimum Gasteiger partial charge on any atom is -0.323 e. The Bertz CT molecular complexity index is 1140. The number of aryl methyl sites for hydroxylation is 1. The third kappa shape index (κ3) is 4.81. The lowest BCUT2D eigenvalue weighted by atomic mass is 9.97. The molecule has 8 heteroatoms. The number of hydrogen-bond donors (Lipinski definition) is 1. The third-order valence-corrected chi connectivity index (χ3v) is 7.35. The fourth-order valence-electron chi connectivity index (χ4n) is 3.59. The van der Waals surface area contributed by atoms with E-state index >= 15 is 0 Å². The summed E-state index contributed by atoms with van der Waals surface area (Å²) in [5.74, 6) is 0.204. The molecule has 1 aliphatic heterocycles. The first-order valence-corrected chi connectivity index (χ1v) is 11.6. The molecule has 0 bridgehead atoms. The van der Waals surface area contributed by atoms with Crippen LogP contribution in [0.4, 0.5) is 5.69 Å². The van der Waals surface area contributed by atoms with Crippen LogP contribution in [0.15, 0.2) is 71.9 Å². The number of hydrogen-bond acceptors (Lipinski definition) is 5. The van der Waals surface area contributed by atoms with Crippen LogP contribution in [-0.4, -0.2) is 41.7 Å². The van der Waals surface area contributed by atoms with Gasteiger partial charge in [0, 0.05) is 24.6 Å². The van der Waals surface area contributed by atoms with Gasteiger partial charge >= 0.3 is 0 Å². The largest absolute Gasteiger partial charge is 0.323 e. The maximum Gasteiger partial charge on any atom is 0.243 e. The smallest absolute Gasteiger partial charge is 0.243 e. The molecule has 160 valence electrons. The average molecular weight is 437 g/mol. The molecule has 7 nitrogen and oxygen atoms in total. The van der Waals surface area contributed by atoms with Gasteiger partial charge in [0.05, 0.1) is 23.0 Å². The summed E-state index contributed by atoms with van der Waals surface area (Å²) in [5, 5.41) is 2.85. The molecule has 3 aromatic rings. The van der Waals surface area contributed by atoms with Gasteiger partial charge in [-0.05, 0) is 31.9 Å². The second-order valence-electron chi connectivity index (χ2n) is 7.64. The molecule has 2 aromatic carbocycles. The zero-order valence-electron chi connectivity index (χ0n) is 17.2. The summed E-state index contributed by atoms with van der Waals surface area (Å²) >= 11 is 0. The minimum atomic E-state index is -3.54. The van der Waals surface area contributed by atoms with Gasteiger partial charge in [-0.2, -0.15) is 4.31 Å². The number of anilines is 1. The molecular weight excluding hydrogens is 412 g/mol. The van der Waals surface area contributed by atoms with Crippen LogP contribution in [-0.2, 0) is 14.8 Å². The summed E-state index contributed by atoms with van der Waals surface area (Å²) in [6, 6.07) is 16.4. The second-order valence-corrected chi connectivity index (χ2v) is 9.58. The molecule has 0 spiro atoms. The number of benzene rings is 2. The fourth-order valence-corrected chi connectivity index (χ4v) is 5.06. The molecule has 1 amide bonds. The van der Waals surface area contributed by atoms with Crippen molar-refractivity contribution in [1.29, 1.82) is 0 Å². The molecule has 1 aromatic heterocycles. The number of rotatable bonds is 5. The van der Waals surface area contributed by atoms with Crippen LogP contribution in [0.25, 0.3) is 11.4 Å². The fraction of sp³-hybridized carbons (Fsp3) is 0.261. The zero-order valence-corrected chi connectivity index (χ0v) is 18.0. The SMILES string of the molecule is Cc1ccc(S(=O)(=O)N2CCC(C(=O)Nc3cnc(-c4ccccc4)nc3)CC2)cc1. The van der Waals surface area contributed by atoms with Crippen LogP contribution < -0.4 is 5.32 Å². The molecule has 1 saturated heterocycles. The minimum absolute atomic E-state index is 0.136. The average Bonchev–Trinajstić information content (AvgIpc) is 2.80. The van der Waals surface area contributed by atoms with E-state index in [2.05, 4.69) is 15.3 Å². The van der Waals surface area contributed by atoms with Crippen molar-refractivity contribution in [2.75, 3.05) is 18.4 Å². The molecule has 1 aliphatic rings. The predicted octanol–water partition coefficient (Wildman–Crippen LogP) is 3.49. The van der Waals surface area contributed by atoms with Crippen LogP contribution in [0, 0.1) is 12.8 Å². The third-order valence-electron chi connectivity index (χ3n) is 5.43. The summed E-state index contributed by atoms with van der Waals surface area (Å²) < 4.78 is 27.1. The van der Waals surface area contributed by atoms with E-state index in [0.29, 0.717) is 37.4 Å². The Morgan fingerprint density at radius 2 is 1.58 bits per heavy atom. The molecule has 0 unspecified atom stereocenters. The monoisotopic (exact) mass is 436 g/mol. The molecule has 31 heavy (non-hydrogen) atoms. The lowest BCUT2D eigenvalue weighted by molar-refractivity contribution is -0.120. The standard InChI is InChI=1S/C23H24N4O3S/c1-17-7-9-21(10-8-17)31(29,30)27-13-11-19(12-14-27)23(28)26-20-15-24-22(25-16-20)18-5-3-2-4-6-18/h2-10,15-16,19H,11-14H2,1H3,(H,26,28). The summed E-state index contributed by atoms with van der Waals surface area (Å²) in [4.78, 5) is 21.6. The Labute approximate surface area is 182 Å². The van der Waals surface area contributed by atoms with Gasteiger partial charge in [0.2, 0.25) is 15.9 Å². The quantitative estimate of drug-likeness (QED) is 0.661. The first-order chi connectivity index (χ1) is 14.9. The van der Waals surface area contributed by atoms with Crippen molar-refractivity contribution in [2.24, 2.45) is 5.92 Å². The number of aromatic nitrogens is 2. The van der Waals surface area contributed by atoms with Gasteiger partial charge in [0.25, 0.3) is 0 Å². The second kappa shape index (κ2) is 8.95. The van der Waals surface area contributed by atoms with E-state index in [1.165, 1.54) is 4.31 Å². The molecule has 0 atom stereocenters. The number of nitrogens with one attached hydrogen (secondary N) is 1. The van der Waals surface area contributed by atoms with E-state index in [4.69, 9.17) is 0 Å². The molecule has 1 fully saturated rings. The van der Waals surface area contributed by atoms with Crippen molar-refractivity contribution in [3.05, 3.63) is 72.6 Å². The highest BCUT2D eigenvalue weighted by molar-refractivity contribution is 7.89. The van der Waals surface area contributed by atoms with Crippen molar-refractivity contribution in [3.8, 4) is 11.4 Å². The number of piperidine rings is 1. The van der Waals surface area contributed by atoms with Crippen LogP contribution in [0.2, 0.25) is 0 Å². The highest BCUT2D eigenvalue weighted by Crippen LogP contribution is 2.25. The number of carbonyl (C=O) groups is 1. The Morgan fingerprint density at radius 3 is 2.19 bits per heavy atom. The zero-order chi connectivity index (χ0) is 21.8. The van der Waals surface area contributed by atoms with E-state index in [0.717, 1.165) is 11.1 Å². The number of nitrogens with zero attached hydrogens (tertiary/aromatic N) is 3. The molecule has 1 N–H and O–H groups in total. The van der Waals surface area contributed by atoms with Crippen molar-refractivity contribution >= 4 is 21.6 Å². The maximum absolute atomic E-state index is 12.8. The van der Waals surface area contributed by atoms with Gasteiger partial charge in [-0.3, -0.25) is 4.79 Å². The van der Waals surface area contributed by atoms with E-state index in [1.807, 2.05) is 37.3 Å². The Hall–Kier alpha value is -3.10. The van der Waals surface area contributed by atoms with Crippen LogP contribution in [0.1, 0.15) is 18.4 Å².